The van der Waals surface area contributed by atoms with E-state index in [1.54, 1.807) is 41.0 Å². The molecule has 0 aliphatic heterocycles. The van der Waals surface area contributed by atoms with Crippen molar-refractivity contribution >= 4 is 45.4 Å². The van der Waals surface area contributed by atoms with E-state index in [1.807, 2.05) is 12.1 Å². The number of hydrogen-bond acceptors (Lipinski definition) is 8. The number of benzene rings is 3. The lowest BCUT2D eigenvalue weighted by Crippen LogP contribution is -2.18. The lowest BCUT2D eigenvalue weighted by molar-refractivity contribution is -0.145. The molecule has 0 fully saturated rings. The third kappa shape index (κ3) is 4.62. The van der Waals surface area contributed by atoms with Crippen LogP contribution in [0, 0.1) is 5.82 Å². The summed E-state index contributed by atoms with van der Waals surface area (Å²) in [4.78, 5) is 37.9. The van der Waals surface area contributed by atoms with Crippen LogP contribution in [-0.4, -0.2) is 25.5 Å². The predicted molar refractivity (Wildman–Crippen MR) is 129 cm³/mol. The van der Waals surface area contributed by atoms with Gasteiger partial charge in [0, 0.05) is 16.5 Å². The smallest absolute Gasteiger partial charge is 0.326 e. The largest absolute Gasteiger partial charge is 0.456 e. The van der Waals surface area contributed by atoms with Crippen molar-refractivity contribution in [3.05, 3.63) is 94.7 Å². The summed E-state index contributed by atoms with van der Waals surface area (Å²) in [6.07, 6.45) is 0. The van der Waals surface area contributed by atoms with Crippen molar-refractivity contribution in [1.29, 1.82) is 0 Å². The molecule has 3 aromatic carbocycles. The van der Waals surface area contributed by atoms with Crippen molar-refractivity contribution < 1.29 is 13.9 Å². The standard InChI is InChI=1S/C25H19FN6O3/c26-15-9-11-16(12-10-15)28-25-30-21(29-24(27)31-25)14-35-22(33)13-32-19-7-3-1-5-17(19)23(34)18-6-2-4-8-20(18)32/h1-12H,13-14H2,(H3,27,28,29,30,31). The second-order valence-corrected chi connectivity index (χ2v) is 7.68. The molecule has 0 aliphatic carbocycles. The Balaban J connectivity index is 1.36. The maximum Gasteiger partial charge on any atom is 0.326 e. The summed E-state index contributed by atoms with van der Waals surface area (Å²) < 4.78 is 20.3. The van der Waals surface area contributed by atoms with Gasteiger partial charge in [0.15, 0.2) is 17.9 Å². The van der Waals surface area contributed by atoms with Gasteiger partial charge in [-0.15, -0.1) is 0 Å². The lowest BCUT2D eigenvalue weighted by atomic mass is 10.1. The van der Waals surface area contributed by atoms with Crippen LogP contribution in [-0.2, 0) is 22.7 Å². The van der Waals surface area contributed by atoms with E-state index in [0.29, 0.717) is 27.5 Å². The normalized spacial score (nSPS) is 11.0. The first-order valence-electron chi connectivity index (χ1n) is 10.7. The number of nitrogen functional groups attached to an aromatic ring is 1. The average Bonchev–Trinajstić information content (AvgIpc) is 2.86. The van der Waals surface area contributed by atoms with Gasteiger partial charge in [-0.3, -0.25) is 9.59 Å². The first-order chi connectivity index (χ1) is 17.0. The molecule has 35 heavy (non-hydrogen) atoms. The van der Waals surface area contributed by atoms with E-state index in [0.717, 1.165) is 0 Å². The molecular formula is C25H19FN6O3. The van der Waals surface area contributed by atoms with Crippen molar-refractivity contribution in [3.8, 4) is 0 Å². The van der Waals surface area contributed by atoms with Crippen molar-refractivity contribution in [2.24, 2.45) is 0 Å². The maximum absolute atomic E-state index is 13.1. The van der Waals surface area contributed by atoms with Crippen molar-refractivity contribution in [1.82, 2.24) is 19.5 Å². The highest BCUT2D eigenvalue weighted by atomic mass is 19.1. The zero-order valence-corrected chi connectivity index (χ0v) is 18.3. The third-order valence-corrected chi connectivity index (χ3v) is 5.33. The SMILES string of the molecule is Nc1nc(COC(=O)Cn2c3ccccc3c(=O)c3ccccc32)nc(Nc2ccc(F)cc2)n1. The highest BCUT2D eigenvalue weighted by molar-refractivity contribution is 5.94. The second kappa shape index (κ2) is 9.18. The number of hydrogen-bond donors (Lipinski definition) is 2. The van der Waals surface area contributed by atoms with Gasteiger partial charge in [0.1, 0.15) is 12.4 Å². The molecule has 10 heteroatoms. The molecule has 5 rings (SSSR count). The monoisotopic (exact) mass is 470 g/mol. The number of rotatable bonds is 6. The molecule has 2 aromatic heterocycles. The van der Waals surface area contributed by atoms with E-state index in [1.165, 1.54) is 24.3 Å². The lowest BCUT2D eigenvalue weighted by Gasteiger charge is -2.14. The van der Waals surface area contributed by atoms with Crippen molar-refractivity contribution in [2.45, 2.75) is 13.2 Å². The van der Waals surface area contributed by atoms with Gasteiger partial charge in [0.05, 0.1) is 11.0 Å². The number of esters is 1. The number of aromatic nitrogens is 4. The number of nitrogens with one attached hydrogen (secondary N) is 1. The van der Waals surface area contributed by atoms with Gasteiger partial charge < -0.3 is 20.4 Å². The van der Waals surface area contributed by atoms with Crippen LogP contribution in [0.15, 0.2) is 77.6 Å². The minimum absolute atomic E-state index is 0.0620. The first-order valence-corrected chi connectivity index (χ1v) is 10.7. The fraction of sp³-hybridized carbons (Fsp3) is 0.0800. The molecule has 0 bridgehead atoms. The predicted octanol–water partition coefficient (Wildman–Crippen LogP) is 3.55. The molecule has 0 spiro atoms. The molecule has 0 radical (unpaired) electrons. The number of ether oxygens (including phenoxy) is 1. The number of halogens is 1. The Morgan fingerprint density at radius 1 is 0.914 bits per heavy atom. The first kappa shape index (κ1) is 22.0. The summed E-state index contributed by atoms with van der Waals surface area (Å²) in [7, 11) is 0. The number of fused-ring (bicyclic) bond motifs is 2. The topological polar surface area (TPSA) is 125 Å². The molecule has 0 unspecified atom stereocenters. The van der Waals surface area contributed by atoms with Crippen molar-refractivity contribution in [3.63, 3.8) is 0 Å². The Morgan fingerprint density at radius 3 is 2.20 bits per heavy atom. The van der Waals surface area contributed by atoms with Gasteiger partial charge in [0.2, 0.25) is 11.9 Å². The number of nitrogens with two attached hydrogens (primary N) is 1. The molecule has 5 aromatic rings. The molecular weight excluding hydrogens is 451 g/mol. The number of nitrogens with zero attached hydrogens (tertiary/aromatic N) is 4. The van der Waals surface area contributed by atoms with Crippen LogP contribution < -0.4 is 16.5 Å². The van der Waals surface area contributed by atoms with E-state index < -0.39 is 5.97 Å². The van der Waals surface area contributed by atoms with Crippen molar-refractivity contribution in [2.75, 3.05) is 11.1 Å². The third-order valence-electron chi connectivity index (χ3n) is 5.33. The molecule has 2 heterocycles. The minimum atomic E-state index is -0.545. The van der Waals surface area contributed by atoms with E-state index in [4.69, 9.17) is 10.5 Å². The Hall–Kier alpha value is -4.86. The Morgan fingerprint density at radius 2 is 1.54 bits per heavy atom. The summed E-state index contributed by atoms with van der Waals surface area (Å²) in [5.41, 5.74) is 7.48. The molecule has 0 aliphatic rings. The average molecular weight is 470 g/mol. The second-order valence-electron chi connectivity index (χ2n) is 7.68. The van der Waals surface area contributed by atoms with Gasteiger partial charge in [-0.25, -0.2) is 4.39 Å². The molecule has 0 atom stereocenters. The van der Waals surface area contributed by atoms with E-state index in [9.17, 15) is 14.0 Å². The summed E-state index contributed by atoms with van der Waals surface area (Å²) in [6.45, 7) is -0.359. The van der Waals surface area contributed by atoms with E-state index >= 15 is 0 Å². The number of para-hydroxylation sites is 2. The summed E-state index contributed by atoms with van der Waals surface area (Å²) in [5.74, 6) is -0.705. The number of carbonyl (C=O) groups excluding carboxylic acids is 1. The summed E-state index contributed by atoms with van der Waals surface area (Å²) >= 11 is 0. The van der Waals surface area contributed by atoms with Crippen LogP contribution >= 0.6 is 0 Å². The molecule has 0 amide bonds. The van der Waals surface area contributed by atoms with Gasteiger partial charge in [-0.1, -0.05) is 24.3 Å². The van der Waals surface area contributed by atoms with Crippen LogP contribution in [0.5, 0.6) is 0 Å². The minimum Gasteiger partial charge on any atom is -0.456 e. The quantitative estimate of drug-likeness (QED) is 0.285. The Labute approximate surface area is 198 Å². The Kier molecular flexibility index (Phi) is 5.76. The Bertz CT molecular complexity index is 1560. The highest BCUT2D eigenvalue weighted by Gasteiger charge is 2.14. The van der Waals surface area contributed by atoms with E-state index in [-0.39, 0.29) is 42.1 Å². The number of anilines is 3. The van der Waals surface area contributed by atoms with Crippen LogP contribution in [0.2, 0.25) is 0 Å². The van der Waals surface area contributed by atoms with Crippen LogP contribution in [0.1, 0.15) is 5.82 Å². The zero-order chi connectivity index (χ0) is 24.4. The highest BCUT2D eigenvalue weighted by Crippen LogP contribution is 2.19. The fourth-order valence-corrected chi connectivity index (χ4v) is 3.79. The van der Waals surface area contributed by atoms with Gasteiger partial charge in [-0.2, -0.15) is 15.0 Å². The number of carbonyl (C=O) groups is 1. The van der Waals surface area contributed by atoms with Crippen LogP contribution in [0.4, 0.5) is 22.0 Å². The molecule has 9 nitrogen and oxygen atoms in total. The number of pyridine rings is 1. The summed E-state index contributed by atoms with van der Waals surface area (Å²) in [5, 5.41) is 3.93. The molecule has 174 valence electrons. The van der Waals surface area contributed by atoms with Gasteiger partial charge in [-0.05, 0) is 48.5 Å². The van der Waals surface area contributed by atoms with Gasteiger partial charge in [0.25, 0.3) is 0 Å². The van der Waals surface area contributed by atoms with Crippen LogP contribution in [0.3, 0.4) is 0 Å². The van der Waals surface area contributed by atoms with Gasteiger partial charge >= 0.3 is 5.97 Å². The molecule has 0 saturated carbocycles. The van der Waals surface area contributed by atoms with Crippen LogP contribution in [0.25, 0.3) is 21.8 Å². The maximum atomic E-state index is 13.1. The zero-order valence-electron chi connectivity index (χ0n) is 18.3. The molecule has 3 N–H and O–H groups in total. The van der Waals surface area contributed by atoms with E-state index in [2.05, 4.69) is 20.3 Å². The summed E-state index contributed by atoms with van der Waals surface area (Å²) in [6, 6.07) is 19.8. The molecule has 0 saturated heterocycles. The fourth-order valence-electron chi connectivity index (χ4n) is 3.79.